The van der Waals surface area contributed by atoms with Gasteiger partial charge in [-0.25, -0.2) is 0 Å². The molecule has 1 aromatic rings. The maximum absolute atomic E-state index is 12.3. The molecule has 0 N–H and O–H groups in total. The first-order chi connectivity index (χ1) is 8.90. The Labute approximate surface area is 125 Å². The van der Waals surface area contributed by atoms with Gasteiger partial charge in [0.15, 0.2) is 0 Å². The molecular weight excluding hydrogens is 359 g/mol. The van der Waals surface area contributed by atoms with Gasteiger partial charge in [0.2, 0.25) is 0 Å². The molecular formula is C13H15IN2O3. The van der Waals surface area contributed by atoms with Crippen LogP contribution in [0.1, 0.15) is 23.7 Å². The lowest BCUT2D eigenvalue weighted by atomic mass is 10.1. The van der Waals surface area contributed by atoms with Crippen molar-refractivity contribution in [3.05, 3.63) is 37.4 Å². The lowest BCUT2D eigenvalue weighted by Crippen LogP contribution is -2.29. The summed E-state index contributed by atoms with van der Waals surface area (Å²) in [7, 11) is 1.75. The van der Waals surface area contributed by atoms with Crippen LogP contribution in [0.2, 0.25) is 0 Å². The summed E-state index contributed by atoms with van der Waals surface area (Å²) in [5.74, 6) is 1.11. The molecule has 0 aromatic heterocycles. The number of rotatable bonds is 4. The molecule has 1 aliphatic rings. The van der Waals surface area contributed by atoms with Gasteiger partial charge in [0.1, 0.15) is 0 Å². The van der Waals surface area contributed by atoms with E-state index in [-0.39, 0.29) is 11.6 Å². The van der Waals surface area contributed by atoms with Crippen LogP contribution < -0.4 is 0 Å². The Balaban J connectivity index is 2.17. The van der Waals surface area contributed by atoms with Gasteiger partial charge in [0, 0.05) is 29.3 Å². The van der Waals surface area contributed by atoms with Crippen LogP contribution in [0.3, 0.4) is 0 Å². The Bertz CT molecular complexity index is 533. The Morgan fingerprint density at radius 2 is 2.21 bits per heavy atom. The maximum Gasteiger partial charge on any atom is 0.270 e. The number of halogens is 1. The minimum absolute atomic E-state index is 0.0445. The fourth-order valence-corrected chi connectivity index (χ4v) is 2.65. The molecule has 0 bridgehead atoms. The lowest BCUT2D eigenvalue weighted by molar-refractivity contribution is -0.384. The van der Waals surface area contributed by atoms with Gasteiger partial charge in [-0.3, -0.25) is 14.9 Å². The number of carbonyl (C=O) groups is 1. The average molecular weight is 374 g/mol. The van der Waals surface area contributed by atoms with E-state index in [9.17, 15) is 14.9 Å². The molecule has 102 valence electrons. The second-order valence-electron chi connectivity index (χ2n) is 5.08. The molecule has 0 aliphatic heterocycles. The van der Waals surface area contributed by atoms with E-state index < -0.39 is 4.92 Å². The van der Waals surface area contributed by atoms with Crippen molar-refractivity contribution >= 4 is 34.2 Å². The number of non-ortho nitro benzene ring substituents is 1. The van der Waals surface area contributed by atoms with E-state index in [4.69, 9.17) is 0 Å². The third-order valence-electron chi connectivity index (χ3n) is 3.52. The van der Waals surface area contributed by atoms with Crippen molar-refractivity contribution in [1.29, 1.82) is 0 Å². The van der Waals surface area contributed by atoms with Crippen LogP contribution in [0.25, 0.3) is 0 Å². The number of nitro benzene ring substituents is 1. The summed E-state index contributed by atoms with van der Waals surface area (Å²) in [6.45, 7) is 2.89. The van der Waals surface area contributed by atoms with Crippen LogP contribution in [0.4, 0.5) is 5.69 Å². The lowest BCUT2D eigenvalue weighted by Gasteiger charge is -2.17. The van der Waals surface area contributed by atoms with Crippen LogP contribution >= 0.6 is 22.6 Å². The molecule has 0 saturated heterocycles. The predicted octanol–water partition coefficient (Wildman–Crippen LogP) is 2.93. The van der Waals surface area contributed by atoms with Gasteiger partial charge < -0.3 is 4.90 Å². The summed E-state index contributed by atoms with van der Waals surface area (Å²) in [6, 6.07) is 4.39. The van der Waals surface area contributed by atoms with Gasteiger partial charge in [-0.15, -0.1) is 0 Å². The van der Waals surface area contributed by atoms with Crippen LogP contribution in [0.5, 0.6) is 0 Å². The van der Waals surface area contributed by atoms with E-state index >= 15 is 0 Å². The predicted molar refractivity (Wildman–Crippen MR) is 80.0 cm³/mol. The summed E-state index contributed by atoms with van der Waals surface area (Å²) in [5, 5.41) is 10.8. The second-order valence-corrected chi connectivity index (χ2v) is 6.24. The topological polar surface area (TPSA) is 63.5 Å². The van der Waals surface area contributed by atoms with Gasteiger partial charge in [-0.05, 0) is 46.9 Å². The average Bonchev–Trinajstić information content (AvgIpc) is 3.04. The largest absolute Gasteiger partial charge is 0.341 e. The minimum atomic E-state index is -0.476. The van der Waals surface area contributed by atoms with Crippen molar-refractivity contribution < 1.29 is 9.72 Å². The van der Waals surface area contributed by atoms with Crippen molar-refractivity contribution in [3.8, 4) is 0 Å². The Hall–Kier alpha value is -1.18. The van der Waals surface area contributed by atoms with Gasteiger partial charge in [0.25, 0.3) is 11.6 Å². The van der Waals surface area contributed by atoms with E-state index in [0.717, 1.165) is 16.5 Å². The van der Waals surface area contributed by atoms with Gasteiger partial charge in [-0.2, -0.15) is 0 Å². The molecule has 2 unspecified atom stereocenters. The van der Waals surface area contributed by atoms with E-state index in [1.807, 2.05) is 22.6 Å². The number of hydrogen-bond donors (Lipinski definition) is 0. The molecule has 6 heteroatoms. The molecule has 19 heavy (non-hydrogen) atoms. The molecule has 5 nitrogen and oxygen atoms in total. The zero-order valence-electron chi connectivity index (χ0n) is 10.8. The van der Waals surface area contributed by atoms with E-state index in [0.29, 0.717) is 17.4 Å². The standard InChI is InChI=1S/C13H15IN2O3/c1-8-5-9(8)7-15(2)13(17)11-6-10(16(18)19)3-4-12(11)14/h3-4,6,8-9H,5,7H2,1-2H3. The molecule has 2 atom stereocenters. The van der Waals surface area contributed by atoms with Crippen molar-refractivity contribution in [3.63, 3.8) is 0 Å². The highest BCUT2D eigenvalue weighted by Crippen LogP contribution is 2.38. The fourth-order valence-electron chi connectivity index (χ4n) is 2.08. The van der Waals surface area contributed by atoms with Gasteiger partial charge in [0.05, 0.1) is 10.5 Å². The van der Waals surface area contributed by atoms with Crippen LogP contribution in [0, 0.1) is 25.5 Å². The molecule has 1 saturated carbocycles. The van der Waals surface area contributed by atoms with Crippen molar-refractivity contribution in [2.24, 2.45) is 11.8 Å². The maximum atomic E-state index is 12.3. The number of nitro groups is 1. The fraction of sp³-hybridized carbons (Fsp3) is 0.462. The number of nitrogens with zero attached hydrogens (tertiary/aromatic N) is 2. The molecule has 0 spiro atoms. The number of benzene rings is 1. The Morgan fingerprint density at radius 1 is 1.58 bits per heavy atom. The smallest absolute Gasteiger partial charge is 0.270 e. The van der Waals surface area contributed by atoms with Crippen LogP contribution in [0.15, 0.2) is 18.2 Å². The van der Waals surface area contributed by atoms with Gasteiger partial charge in [-0.1, -0.05) is 6.92 Å². The first kappa shape index (κ1) is 14.2. The summed E-state index contributed by atoms with van der Waals surface area (Å²) in [6.07, 6.45) is 1.16. The van der Waals surface area contributed by atoms with Crippen LogP contribution in [-0.2, 0) is 0 Å². The number of amides is 1. The molecule has 1 aromatic carbocycles. The zero-order chi connectivity index (χ0) is 14.2. The highest BCUT2D eigenvalue weighted by molar-refractivity contribution is 14.1. The zero-order valence-corrected chi connectivity index (χ0v) is 13.0. The van der Waals surface area contributed by atoms with E-state index in [1.54, 1.807) is 18.0 Å². The Morgan fingerprint density at radius 3 is 2.74 bits per heavy atom. The normalized spacial score (nSPS) is 21.0. The molecule has 1 fully saturated rings. The highest BCUT2D eigenvalue weighted by Gasteiger charge is 2.34. The Kier molecular flexibility index (Phi) is 4.07. The number of carbonyl (C=O) groups excluding carboxylic acids is 1. The van der Waals surface area contributed by atoms with Crippen molar-refractivity contribution in [1.82, 2.24) is 4.90 Å². The highest BCUT2D eigenvalue weighted by atomic mass is 127. The van der Waals surface area contributed by atoms with Crippen molar-refractivity contribution in [2.75, 3.05) is 13.6 Å². The van der Waals surface area contributed by atoms with E-state index in [2.05, 4.69) is 6.92 Å². The summed E-state index contributed by atoms with van der Waals surface area (Å²) in [4.78, 5) is 24.3. The van der Waals surface area contributed by atoms with Crippen molar-refractivity contribution in [2.45, 2.75) is 13.3 Å². The molecule has 0 heterocycles. The van der Waals surface area contributed by atoms with Crippen LogP contribution in [-0.4, -0.2) is 29.3 Å². The van der Waals surface area contributed by atoms with E-state index in [1.165, 1.54) is 12.1 Å². The third kappa shape index (κ3) is 3.23. The first-order valence-corrected chi connectivity index (χ1v) is 7.17. The molecule has 2 rings (SSSR count). The summed E-state index contributed by atoms with van der Waals surface area (Å²) >= 11 is 2.03. The van der Waals surface area contributed by atoms with Gasteiger partial charge >= 0.3 is 0 Å². The summed E-state index contributed by atoms with van der Waals surface area (Å²) in [5.41, 5.74) is 0.363. The third-order valence-corrected chi connectivity index (χ3v) is 4.46. The molecule has 1 amide bonds. The monoisotopic (exact) mass is 374 g/mol. The minimum Gasteiger partial charge on any atom is -0.341 e. The first-order valence-electron chi connectivity index (χ1n) is 6.09. The quantitative estimate of drug-likeness (QED) is 0.463. The molecule has 1 aliphatic carbocycles. The summed E-state index contributed by atoms with van der Waals surface area (Å²) < 4.78 is 0.740. The molecule has 0 radical (unpaired) electrons. The SMILES string of the molecule is CC1CC1CN(C)C(=O)c1cc([N+](=O)[O-])ccc1I. The number of hydrogen-bond acceptors (Lipinski definition) is 3. The second kappa shape index (κ2) is 5.44.